The van der Waals surface area contributed by atoms with Crippen molar-refractivity contribution in [3.63, 3.8) is 0 Å². The number of H-pyrrole nitrogens is 1. The van der Waals surface area contributed by atoms with Crippen molar-refractivity contribution < 1.29 is 36.0 Å². The maximum atomic E-state index is 13.1. The average molecular weight is 658 g/mol. The van der Waals surface area contributed by atoms with Crippen molar-refractivity contribution >= 4 is 62.9 Å². The van der Waals surface area contributed by atoms with E-state index >= 15 is 0 Å². The summed E-state index contributed by atoms with van der Waals surface area (Å²) in [6.45, 7) is -4.46. The summed E-state index contributed by atoms with van der Waals surface area (Å²) in [7, 11) is -4.42. The number of aromatic nitrogens is 8. The molecule has 7 atom stereocenters. The molecule has 7 rings (SSSR count). The fourth-order valence-electron chi connectivity index (χ4n) is 5.29. The van der Waals surface area contributed by atoms with Gasteiger partial charge >= 0.3 is 17.0 Å². The fourth-order valence-corrected chi connectivity index (χ4v) is 7.72. The van der Waals surface area contributed by atoms with Crippen LogP contribution in [-0.2, 0) is 44.8 Å². The zero-order valence-corrected chi connectivity index (χ0v) is 24.3. The molecular formula is C20H24N11O9PS2. The average Bonchev–Trinajstić information content (AvgIpc) is 3.71. The number of nitrogen functional groups attached to an aromatic ring is 2. The minimum Gasteiger partial charge on any atom is -0.382 e. The highest BCUT2D eigenvalue weighted by Crippen LogP contribution is 2.50. The summed E-state index contributed by atoms with van der Waals surface area (Å²) in [5, 5.41) is 0. The molecule has 3 aliphatic rings. The lowest BCUT2D eigenvalue weighted by atomic mass is 10.2. The summed E-state index contributed by atoms with van der Waals surface area (Å²) < 4.78 is 60.7. The minimum absolute atomic E-state index is 0.00335. The molecule has 3 aliphatic heterocycles. The summed E-state index contributed by atoms with van der Waals surface area (Å²) in [5.74, 6) is 0.00259. The van der Waals surface area contributed by atoms with Crippen LogP contribution in [0.5, 0.6) is 0 Å². The zero-order chi connectivity index (χ0) is 30.1. The van der Waals surface area contributed by atoms with Gasteiger partial charge in [0.15, 0.2) is 28.9 Å². The number of ether oxygens (including phenoxy) is 2. The highest BCUT2D eigenvalue weighted by Gasteiger charge is 2.45. The number of rotatable bonds is 2. The Bertz CT molecular complexity index is 1930. The van der Waals surface area contributed by atoms with Gasteiger partial charge in [0, 0.05) is 19.4 Å². The van der Waals surface area contributed by atoms with E-state index < -0.39 is 59.5 Å². The van der Waals surface area contributed by atoms with Crippen molar-refractivity contribution in [2.45, 2.75) is 49.7 Å². The van der Waals surface area contributed by atoms with E-state index in [0.717, 1.165) is 0 Å². The van der Waals surface area contributed by atoms with Gasteiger partial charge in [-0.05, 0) is 11.8 Å². The molecule has 0 saturated carbocycles. The largest absolute Gasteiger partial charge is 0.382 e. The second kappa shape index (κ2) is 10.5. The maximum Gasteiger partial charge on any atom is 0.336 e. The summed E-state index contributed by atoms with van der Waals surface area (Å²) in [6.07, 6.45) is -1.46. The van der Waals surface area contributed by atoms with E-state index in [-0.39, 0.29) is 48.9 Å². The van der Waals surface area contributed by atoms with E-state index in [1.807, 2.05) is 0 Å². The van der Waals surface area contributed by atoms with E-state index in [9.17, 15) is 18.1 Å². The van der Waals surface area contributed by atoms with Crippen LogP contribution in [0.25, 0.3) is 22.3 Å². The molecule has 4 aromatic rings. The number of nitrogens with two attached hydrogens (primary N) is 2. The molecule has 0 aromatic carbocycles. The Morgan fingerprint density at radius 3 is 2.65 bits per heavy atom. The van der Waals surface area contributed by atoms with Gasteiger partial charge in [-0.25, -0.2) is 24.1 Å². The van der Waals surface area contributed by atoms with Crippen LogP contribution in [0.4, 0.5) is 11.8 Å². The van der Waals surface area contributed by atoms with Crippen LogP contribution in [0.3, 0.4) is 0 Å². The first-order valence-corrected chi connectivity index (χ1v) is 16.8. The summed E-state index contributed by atoms with van der Waals surface area (Å²) in [4.78, 5) is 46.1. The summed E-state index contributed by atoms with van der Waals surface area (Å²) in [6, 6.07) is 0. The topological polar surface area (TPSA) is 272 Å². The molecule has 0 aliphatic carbocycles. The first-order valence-electron chi connectivity index (χ1n) is 12.8. The Morgan fingerprint density at radius 1 is 1.02 bits per heavy atom. The second-order valence-electron chi connectivity index (χ2n) is 9.95. The van der Waals surface area contributed by atoms with Crippen molar-refractivity contribution in [2.24, 2.45) is 0 Å². The van der Waals surface area contributed by atoms with Crippen LogP contribution < -0.4 is 21.7 Å². The number of anilines is 2. The van der Waals surface area contributed by atoms with E-state index in [0.29, 0.717) is 11.2 Å². The normalized spacial score (nSPS) is 33.1. The number of fused-ring (bicyclic) bond motifs is 5. The number of nitrogens with zero attached hydrogens (tertiary/aromatic N) is 7. The molecule has 0 radical (unpaired) electrons. The van der Waals surface area contributed by atoms with E-state index in [1.165, 1.54) is 23.5 Å². The van der Waals surface area contributed by atoms with Gasteiger partial charge < -0.3 is 34.9 Å². The van der Waals surface area contributed by atoms with Gasteiger partial charge in [-0.15, -0.1) is 0 Å². The lowest BCUT2D eigenvalue weighted by Crippen LogP contribution is -2.40. The third kappa shape index (κ3) is 5.39. The molecule has 23 heteroatoms. The molecule has 43 heavy (non-hydrogen) atoms. The zero-order valence-electron chi connectivity index (χ0n) is 21.8. The molecular weight excluding hydrogens is 633 g/mol. The third-order valence-corrected chi connectivity index (χ3v) is 9.76. The van der Waals surface area contributed by atoms with Crippen LogP contribution in [0.15, 0.2) is 23.8 Å². The molecule has 7 heterocycles. The predicted molar refractivity (Wildman–Crippen MR) is 148 cm³/mol. The minimum atomic E-state index is -4.42. The highest BCUT2D eigenvalue weighted by molar-refractivity contribution is 8.07. The maximum absolute atomic E-state index is 13.1. The molecule has 20 nitrogen and oxygen atoms in total. The van der Waals surface area contributed by atoms with Crippen LogP contribution in [0.1, 0.15) is 25.3 Å². The van der Waals surface area contributed by atoms with Crippen LogP contribution in [0.2, 0.25) is 0 Å². The molecule has 4 aromatic heterocycles. The van der Waals surface area contributed by atoms with Gasteiger partial charge in [-0.3, -0.25) is 18.9 Å². The highest BCUT2D eigenvalue weighted by atomic mass is 32.5. The summed E-state index contributed by atoms with van der Waals surface area (Å²) in [5.41, 5.74) is 11.8. The Kier molecular flexibility index (Phi) is 6.96. The fraction of sp³-hybridized carbons (Fsp3) is 0.500. The lowest BCUT2D eigenvalue weighted by molar-refractivity contribution is -0.0454. The first kappa shape index (κ1) is 28.6. The number of aromatic amines is 1. The van der Waals surface area contributed by atoms with Crippen LogP contribution in [0, 0.1) is 0 Å². The van der Waals surface area contributed by atoms with Crippen molar-refractivity contribution in [1.82, 2.24) is 43.8 Å². The van der Waals surface area contributed by atoms with E-state index in [1.54, 1.807) is 4.57 Å². The van der Waals surface area contributed by atoms with Gasteiger partial charge in [-0.1, -0.05) is 0 Å². The lowest BCUT2D eigenvalue weighted by Gasteiger charge is -2.25. The molecule has 0 spiro atoms. The quantitative estimate of drug-likeness (QED) is 0.154. The number of hydrogen-bond donors (Lipinski definition) is 5. The van der Waals surface area contributed by atoms with E-state index in [4.69, 9.17) is 46.0 Å². The number of imidazole rings is 2. The number of hydrogen-bond acceptors (Lipinski definition) is 16. The molecule has 7 N–H and O–H groups in total. The Morgan fingerprint density at radius 2 is 1.81 bits per heavy atom. The van der Waals surface area contributed by atoms with Crippen molar-refractivity contribution in [1.29, 1.82) is 0 Å². The molecule has 230 valence electrons. The predicted octanol–water partition coefficient (Wildman–Crippen LogP) is -1.45. The number of nitrogens with one attached hydrogen (secondary N) is 2. The van der Waals surface area contributed by atoms with Crippen LogP contribution in [-0.4, -0.2) is 89.9 Å². The molecule has 3 saturated heterocycles. The van der Waals surface area contributed by atoms with Gasteiger partial charge in [0.1, 0.15) is 30.3 Å². The van der Waals surface area contributed by atoms with Crippen molar-refractivity contribution in [2.75, 3.05) is 24.6 Å². The van der Waals surface area contributed by atoms with Gasteiger partial charge in [-0.2, -0.15) is 18.1 Å². The van der Waals surface area contributed by atoms with Crippen molar-refractivity contribution in [3.8, 4) is 0 Å². The van der Waals surface area contributed by atoms with E-state index in [2.05, 4.69) is 34.6 Å². The molecule has 1 unspecified atom stereocenters. The van der Waals surface area contributed by atoms with Gasteiger partial charge in [0.25, 0.3) is 5.56 Å². The van der Waals surface area contributed by atoms with Crippen LogP contribution >= 0.6 is 6.72 Å². The Balaban J connectivity index is 1.17. The SMILES string of the molecule is Nc1nc2c(ncn2[C@H]2O[C@@H]3COP(O)(=S)O[C@H]4C[C@H](n5cnc6c(N)ncnc65)O[C@@H]4CNS(=O)(=O)O[C@@H]2C3)c(=O)[nH]1. The summed E-state index contributed by atoms with van der Waals surface area (Å²) >= 11 is 5.28. The molecule has 0 amide bonds. The smallest absolute Gasteiger partial charge is 0.336 e. The molecule has 2 bridgehead atoms. The molecule has 3 fully saturated rings. The standard InChI is InChI=1S/C20H24N11O9PS2/c21-15-13-16(24-5-23-15)30(6-25-13)12-2-9-11(38-12)3-27-43(34,35)40-10-1-8(4-36-41(33,42)39-9)37-19(10)31-7-26-14-17(31)28-20(22)29-18(14)32/h5-12,19,27H,1-4H2,(H,33,42)(H2,21,23,24)(H3,22,28,29,32)/t8-,9-,10+,11+,12+,19-,41?/m0/s1. The first-order chi connectivity index (χ1) is 20.5. The van der Waals surface area contributed by atoms with Crippen molar-refractivity contribution in [3.05, 3.63) is 29.3 Å². The van der Waals surface area contributed by atoms with Gasteiger partial charge in [0.05, 0.1) is 31.5 Å². The monoisotopic (exact) mass is 657 g/mol. The Hall–Kier alpha value is -3.18. The van der Waals surface area contributed by atoms with Gasteiger partial charge in [0.2, 0.25) is 5.95 Å². The Labute approximate surface area is 246 Å². The third-order valence-electron chi connectivity index (χ3n) is 7.15. The second-order valence-corrected chi connectivity index (χ2v) is 14.1.